The van der Waals surface area contributed by atoms with Crippen molar-refractivity contribution in [3.63, 3.8) is 0 Å². The summed E-state index contributed by atoms with van der Waals surface area (Å²) >= 11 is 1.85. The molecule has 294 valence electrons. The average Bonchev–Trinajstić information content (AvgIpc) is 3.93. The molecule has 0 saturated carbocycles. The largest absolute Gasteiger partial charge is 0.455 e. The molecule has 6 heteroatoms. The Morgan fingerprint density at radius 3 is 1.83 bits per heavy atom. The van der Waals surface area contributed by atoms with E-state index in [1.165, 1.54) is 48.6 Å². The minimum atomic E-state index is -0.273. The Morgan fingerprint density at radius 2 is 0.984 bits per heavy atom. The highest BCUT2D eigenvalue weighted by atomic mass is 32.1. The van der Waals surface area contributed by atoms with E-state index in [2.05, 4.69) is 140 Å². The first-order valence-corrected chi connectivity index (χ1v) is 21.8. The summed E-state index contributed by atoms with van der Waals surface area (Å²) in [6, 6.07) is 66.1. The molecule has 0 amide bonds. The van der Waals surface area contributed by atoms with Gasteiger partial charge >= 0.3 is 0 Å². The zero-order chi connectivity index (χ0) is 41.6. The second-order valence-electron chi connectivity index (χ2n) is 16.0. The number of nitrogens with zero attached hydrogens (tertiary/aromatic N) is 3. The van der Waals surface area contributed by atoms with Crippen molar-refractivity contribution in [1.29, 1.82) is 0 Å². The second-order valence-corrected chi connectivity index (χ2v) is 17.1. The Kier molecular flexibility index (Phi) is 7.92. The highest BCUT2D eigenvalue weighted by Gasteiger charge is 2.21. The van der Waals surface area contributed by atoms with E-state index in [0.717, 1.165) is 76.9 Å². The third kappa shape index (κ3) is 5.76. The van der Waals surface area contributed by atoms with Crippen LogP contribution in [-0.2, 0) is 0 Å². The maximum absolute atomic E-state index is 14.2. The molecule has 63 heavy (non-hydrogen) atoms. The van der Waals surface area contributed by atoms with Crippen LogP contribution >= 0.6 is 11.3 Å². The van der Waals surface area contributed by atoms with E-state index in [1.807, 2.05) is 53.8 Å². The van der Waals surface area contributed by atoms with Gasteiger partial charge in [-0.25, -0.2) is 19.3 Å². The summed E-state index contributed by atoms with van der Waals surface area (Å²) in [6.45, 7) is 0. The number of benzene rings is 10. The van der Waals surface area contributed by atoms with Crippen molar-refractivity contribution in [2.45, 2.75) is 0 Å². The highest BCUT2D eigenvalue weighted by molar-refractivity contribution is 7.26. The molecule has 3 heterocycles. The average molecular weight is 826 g/mol. The van der Waals surface area contributed by atoms with Crippen LogP contribution in [-0.4, -0.2) is 15.0 Å². The predicted molar refractivity (Wildman–Crippen MR) is 260 cm³/mol. The summed E-state index contributed by atoms with van der Waals surface area (Å²) in [7, 11) is 0. The van der Waals surface area contributed by atoms with Crippen molar-refractivity contribution in [2.75, 3.05) is 0 Å². The molecule has 0 N–H and O–H groups in total. The summed E-state index contributed by atoms with van der Waals surface area (Å²) in [5.41, 5.74) is 8.35. The molecule has 0 atom stereocenters. The maximum atomic E-state index is 14.2. The first kappa shape index (κ1) is 35.7. The SMILES string of the molecule is Fc1ccc(-c2cc3c(oc4cccc(-c5nc(-c6ccc(-c7cccc8c7sc7ccc9ccccc9c78)cc6)nc(-c6ccc7ccccc7c6)n5)c43)c3ccccc23)cc1. The molecule has 13 rings (SSSR count). The molecule has 0 aliphatic carbocycles. The van der Waals surface area contributed by atoms with Gasteiger partial charge in [0, 0.05) is 53.0 Å². The van der Waals surface area contributed by atoms with E-state index in [9.17, 15) is 4.39 Å². The zero-order valence-electron chi connectivity index (χ0n) is 33.5. The summed E-state index contributed by atoms with van der Waals surface area (Å²) in [5, 5.41) is 11.2. The van der Waals surface area contributed by atoms with E-state index in [-0.39, 0.29) is 5.82 Å². The van der Waals surface area contributed by atoms with Crippen molar-refractivity contribution in [1.82, 2.24) is 15.0 Å². The van der Waals surface area contributed by atoms with Crippen LogP contribution in [0.3, 0.4) is 0 Å². The molecule has 0 radical (unpaired) electrons. The van der Waals surface area contributed by atoms with E-state index in [1.54, 1.807) is 0 Å². The van der Waals surface area contributed by atoms with Crippen LogP contribution in [0.1, 0.15) is 0 Å². The van der Waals surface area contributed by atoms with Gasteiger partial charge in [0.1, 0.15) is 17.0 Å². The Morgan fingerprint density at radius 1 is 0.381 bits per heavy atom. The molecule has 0 saturated heterocycles. The van der Waals surface area contributed by atoms with Crippen LogP contribution < -0.4 is 0 Å². The van der Waals surface area contributed by atoms with Crippen LogP contribution in [0.5, 0.6) is 0 Å². The molecule has 0 unspecified atom stereocenters. The Bertz CT molecular complexity index is 3980. The van der Waals surface area contributed by atoms with Gasteiger partial charge in [-0.05, 0) is 85.6 Å². The molecule has 0 aliphatic heterocycles. The van der Waals surface area contributed by atoms with Gasteiger partial charge in [-0.15, -0.1) is 11.3 Å². The van der Waals surface area contributed by atoms with Crippen LogP contribution in [0.2, 0.25) is 0 Å². The number of hydrogen-bond donors (Lipinski definition) is 0. The minimum Gasteiger partial charge on any atom is -0.455 e. The first-order valence-electron chi connectivity index (χ1n) is 20.9. The molecule has 4 nitrogen and oxygen atoms in total. The van der Waals surface area contributed by atoms with Crippen molar-refractivity contribution < 1.29 is 8.81 Å². The van der Waals surface area contributed by atoms with Gasteiger partial charge in [-0.2, -0.15) is 0 Å². The summed E-state index contributed by atoms with van der Waals surface area (Å²) in [4.78, 5) is 15.7. The summed E-state index contributed by atoms with van der Waals surface area (Å²) in [6.07, 6.45) is 0. The zero-order valence-corrected chi connectivity index (χ0v) is 34.3. The molecule has 13 aromatic rings. The standard InChI is InChI=1S/C57H32FN3OS/c58-40-28-25-36(26-29-40)47-32-48-51-46(17-8-18-49(51)62-53(48)44-14-6-5-13-43(44)47)57-60-55(59-56(61-57)39-24-19-33-9-1-2-11-38(33)31-39)37-22-20-35(21-23-37)42-15-7-16-45-52-41-12-4-3-10-34(41)27-30-50(52)63-54(42)45/h1-32H. The lowest BCUT2D eigenvalue weighted by atomic mass is 9.94. The number of furan rings is 1. The number of rotatable bonds is 5. The highest BCUT2D eigenvalue weighted by Crippen LogP contribution is 2.45. The van der Waals surface area contributed by atoms with Gasteiger partial charge in [0.25, 0.3) is 0 Å². The number of aromatic nitrogens is 3. The topological polar surface area (TPSA) is 51.8 Å². The van der Waals surface area contributed by atoms with Crippen LogP contribution in [0.15, 0.2) is 199 Å². The number of fused-ring (bicyclic) bond motifs is 11. The van der Waals surface area contributed by atoms with Gasteiger partial charge < -0.3 is 4.42 Å². The van der Waals surface area contributed by atoms with E-state index < -0.39 is 0 Å². The monoisotopic (exact) mass is 825 g/mol. The molecular weight excluding hydrogens is 794 g/mol. The van der Waals surface area contributed by atoms with Crippen LogP contribution in [0.25, 0.3) is 131 Å². The lowest BCUT2D eigenvalue weighted by molar-refractivity contribution is 0.628. The van der Waals surface area contributed by atoms with Crippen molar-refractivity contribution in [3.05, 3.63) is 200 Å². The summed E-state index contributed by atoms with van der Waals surface area (Å²) in [5.74, 6) is 1.42. The van der Waals surface area contributed by atoms with Gasteiger partial charge in [-0.3, -0.25) is 0 Å². The lowest BCUT2D eigenvalue weighted by Gasteiger charge is -2.11. The quantitative estimate of drug-likeness (QED) is 0.173. The van der Waals surface area contributed by atoms with Crippen LogP contribution in [0.4, 0.5) is 4.39 Å². The molecule has 0 aliphatic rings. The molecule has 0 fully saturated rings. The first-order chi connectivity index (χ1) is 31.1. The van der Waals surface area contributed by atoms with Gasteiger partial charge in [0.05, 0.1) is 0 Å². The third-order valence-electron chi connectivity index (χ3n) is 12.4. The molecule has 3 aromatic heterocycles. The Balaban J connectivity index is 0.997. The fourth-order valence-corrected chi connectivity index (χ4v) is 10.6. The fourth-order valence-electron chi connectivity index (χ4n) is 9.38. The third-order valence-corrected chi connectivity index (χ3v) is 13.6. The van der Waals surface area contributed by atoms with E-state index in [0.29, 0.717) is 17.5 Å². The maximum Gasteiger partial charge on any atom is 0.164 e. The fraction of sp³-hybridized carbons (Fsp3) is 0. The van der Waals surface area contributed by atoms with Gasteiger partial charge in [0.2, 0.25) is 0 Å². The van der Waals surface area contributed by atoms with Gasteiger partial charge in [-0.1, -0.05) is 158 Å². The van der Waals surface area contributed by atoms with E-state index in [4.69, 9.17) is 19.4 Å². The number of thiophene rings is 1. The minimum absolute atomic E-state index is 0.273. The van der Waals surface area contributed by atoms with Gasteiger partial charge in [0.15, 0.2) is 17.5 Å². The molecule has 10 aromatic carbocycles. The molecular formula is C57H32FN3OS. The van der Waals surface area contributed by atoms with Crippen molar-refractivity contribution >= 4 is 85.8 Å². The van der Waals surface area contributed by atoms with E-state index >= 15 is 0 Å². The van der Waals surface area contributed by atoms with Crippen molar-refractivity contribution in [3.8, 4) is 56.4 Å². The lowest BCUT2D eigenvalue weighted by Crippen LogP contribution is -2.00. The predicted octanol–water partition coefficient (Wildman–Crippen LogP) is 16.1. The summed E-state index contributed by atoms with van der Waals surface area (Å²) < 4.78 is 23.4. The molecule has 0 bridgehead atoms. The smallest absolute Gasteiger partial charge is 0.164 e. The molecule has 0 spiro atoms. The Hall–Kier alpha value is -8.06. The second kappa shape index (κ2) is 14.0. The van der Waals surface area contributed by atoms with Crippen molar-refractivity contribution in [2.24, 2.45) is 0 Å². The number of hydrogen-bond acceptors (Lipinski definition) is 5. The normalized spacial score (nSPS) is 11.9. The Labute approximate surface area is 364 Å². The number of halogens is 1. The van der Waals surface area contributed by atoms with Crippen LogP contribution in [0, 0.1) is 5.82 Å².